The number of nitrogens with two attached hydrogens (primary N) is 2. The van der Waals surface area contributed by atoms with E-state index in [0.717, 1.165) is 22.3 Å². The number of fused-ring (bicyclic) bond motifs is 3. The van der Waals surface area contributed by atoms with E-state index >= 15 is 0 Å². The minimum atomic E-state index is -4.60. The summed E-state index contributed by atoms with van der Waals surface area (Å²) >= 11 is 0. The number of nitrogens with zero attached hydrogens (tertiary/aromatic N) is 2. The highest BCUT2D eigenvalue weighted by Crippen LogP contribution is 2.38. The Balaban J connectivity index is 1.64. The van der Waals surface area contributed by atoms with E-state index in [0.29, 0.717) is 21.9 Å². The maximum absolute atomic E-state index is 13.7. The van der Waals surface area contributed by atoms with E-state index in [9.17, 15) is 23.1 Å². The maximum Gasteiger partial charge on any atom is 0.425 e. The first kappa shape index (κ1) is 27.6. The van der Waals surface area contributed by atoms with Crippen molar-refractivity contribution < 1.29 is 27.9 Å². The van der Waals surface area contributed by atoms with Gasteiger partial charge in [0.15, 0.2) is 5.96 Å². The van der Waals surface area contributed by atoms with Gasteiger partial charge in [0.05, 0.1) is 4.90 Å². The summed E-state index contributed by atoms with van der Waals surface area (Å²) in [5.74, 6) is -1.67. The number of carbonyl (C=O) groups is 2. The number of sulfonamides is 1. The predicted octanol–water partition coefficient (Wildman–Crippen LogP) is 3.40. The minimum absolute atomic E-state index is 0.0656. The van der Waals surface area contributed by atoms with Gasteiger partial charge in [-0.25, -0.2) is 18.0 Å². The van der Waals surface area contributed by atoms with Gasteiger partial charge in [-0.1, -0.05) is 60.7 Å². The van der Waals surface area contributed by atoms with Crippen molar-refractivity contribution in [2.75, 3.05) is 6.54 Å². The highest BCUT2D eigenvalue weighted by atomic mass is 32.2. The summed E-state index contributed by atoms with van der Waals surface area (Å²) < 4.78 is 33.3. The second-order valence-corrected chi connectivity index (χ2v) is 11.0. The van der Waals surface area contributed by atoms with Crippen molar-refractivity contribution in [2.45, 2.75) is 43.7 Å². The number of benzene rings is 3. The zero-order chi connectivity index (χ0) is 28.2. The number of ether oxygens (including phenoxy) is 1. The normalized spacial score (nSPS) is 12.6. The van der Waals surface area contributed by atoms with Gasteiger partial charge in [0.25, 0.3) is 10.0 Å². The maximum atomic E-state index is 13.7. The number of rotatable bonds is 10. The van der Waals surface area contributed by atoms with Crippen LogP contribution in [0.3, 0.4) is 0 Å². The van der Waals surface area contributed by atoms with Gasteiger partial charge in [-0.15, -0.1) is 0 Å². The number of aliphatic carboxylic acids is 1. The molecule has 1 aliphatic rings. The Morgan fingerprint density at radius 2 is 1.72 bits per heavy atom. The molecule has 4 rings (SSSR count). The second-order valence-electron chi connectivity index (χ2n) is 9.20. The fourth-order valence-corrected chi connectivity index (χ4v) is 6.46. The van der Waals surface area contributed by atoms with E-state index in [-0.39, 0.29) is 36.8 Å². The van der Waals surface area contributed by atoms with E-state index < -0.39 is 28.1 Å². The summed E-state index contributed by atoms with van der Waals surface area (Å²) in [6.07, 6.45) is -0.734. The van der Waals surface area contributed by atoms with E-state index in [2.05, 4.69) is 4.99 Å². The molecule has 0 aromatic heterocycles. The topological polar surface area (TPSA) is 165 Å². The van der Waals surface area contributed by atoms with Crippen LogP contribution in [-0.2, 0) is 32.6 Å². The molecule has 0 fully saturated rings. The summed E-state index contributed by atoms with van der Waals surface area (Å²) in [5.41, 5.74) is 16.0. The molecule has 1 unspecified atom stereocenters. The van der Waals surface area contributed by atoms with Gasteiger partial charge in [-0.3, -0.25) is 4.99 Å². The Morgan fingerprint density at radius 3 is 2.44 bits per heavy atom. The Morgan fingerprint density at radius 1 is 1.03 bits per heavy atom. The fourth-order valence-electron chi connectivity index (χ4n) is 4.74. The number of carboxylic acids is 1. The highest BCUT2D eigenvalue weighted by Gasteiger charge is 2.41. The van der Waals surface area contributed by atoms with Crippen LogP contribution in [0.2, 0.25) is 0 Å². The number of amides is 1. The van der Waals surface area contributed by atoms with Gasteiger partial charge in [0.2, 0.25) is 0 Å². The van der Waals surface area contributed by atoms with Crippen molar-refractivity contribution in [1.82, 2.24) is 4.31 Å². The molecule has 0 saturated heterocycles. The van der Waals surface area contributed by atoms with Gasteiger partial charge in [-0.2, -0.15) is 4.31 Å². The van der Waals surface area contributed by atoms with Gasteiger partial charge in [0.1, 0.15) is 12.6 Å². The Hall–Kier alpha value is -4.38. The molecule has 39 heavy (non-hydrogen) atoms. The molecule has 0 spiro atoms. The monoisotopic (exact) mass is 550 g/mol. The first-order valence-corrected chi connectivity index (χ1v) is 13.8. The number of carbonyl (C=O) groups excluding carboxylic acids is 1. The molecule has 1 aliphatic carbocycles. The van der Waals surface area contributed by atoms with Crippen LogP contribution in [0.1, 0.15) is 35.1 Å². The molecule has 1 amide bonds. The molecule has 11 heteroatoms. The number of guanidine groups is 1. The first-order chi connectivity index (χ1) is 18.6. The van der Waals surface area contributed by atoms with Crippen LogP contribution < -0.4 is 11.5 Å². The lowest BCUT2D eigenvalue weighted by molar-refractivity contribution is -0.141. The van der Waals surface area contributed by atoms with Crippen molar-refractivity contribution in [1.29, 1.82) is 0 Å². The average molecular weight is 551 g/mol. The molecule has 0 heterocycles. The largest absolute Gasteiger partial charge is 0.480 e. The predicted molar refractivity (Wildman–Crippen MR) is 146 cm³/mol. The zero-order valence-corrected chi connectivity index (χ0v) is 22.2. The van der Waals surface area contributed by atoms with E-state index in [1.54, 1.807) is 19.1 Å². The Labute approximate surface area is 227 Å². The number of aliphatic imine (C=N–C) groups is 1. The highest BCUT2D eigenvalue weighted by molar-refractivity contribution is 7.89. The van der Waals surface area contributed by atoms with Crippen LogP contribution in [-0.4, -0.2) is 48.4 Å². The summed E-state index contributed by atoms with van der Waals surface area (Å²) in [6.45, 7) is 1.40. The van der Waals surface area contributed by atoms with Gasteiger partial charge < -0.3 is 21.3 Å². The van der Waals surface area contributed by atoms with E-state index in [1.165, 1.54) is 12.1 Å². The molecule has 3 aromatic carbocycles. The molecule has 0 aliphatic heterocycles. The van der Waals surface area contributed by atoms with E-state index in [4.69, 9.17) is 16.2 Å². The number of carboxylic acid groups (broad SMARTS) is 1. The molecular weight excluding hydrogens is 520 g/mol. The minimum Gasteiger partial charge on any atom is -0.480 e. The average Bonchev–Trinajstić information content (AvgIpc) is 3.28. The number of hydrogen-bond donors (Lipinski definition) is 3. The molecule has 0 radical (unpaired) electrons. The Kier molecular flexibility index (Phi) is 8.20. The second kappa shape index (κ2) is 11.6. The smallest absolute Gasteiger partial charge is 0.425 e. The van der Waals surface area contributed by atoms with Gasteiger partial charge in [-0.05, 0) is 65.6 Å². The third-order valence-electron chi connectivity index (χ3n) is 6.61. The molecule has 0 bridgehead atoms. The van der Waals surface area contributed by atoms with Crippen LogP contribution in [0, 0.1) is 6.92 Å². The van der Waals surface area contributed by atoms with Crippen molar-refractivity contribution in [3.05, 3.63) is 89.0 Å². The standard InChI is InChI=1S/C28H30N4O6S/c1-18-8-2-5-14-25(18)39(36,37)32(24(26(33)34)13-7-15-31-27(29)30)28(35)38-17-20-10-6-12-22-21-11-4-3-9-19(21)16-23(20)22/h2-6,8-12,14,24H,7,13,15-17H2,1H3,(H,33,34)(H4,29,30,31). The molecule has 3 aromatic rings. The number of hydrogen-bond acceptors (Lipinski definition) is 6. The summed E-state index contributed by atoms with van der Waals surface area (Å²) in [4.78, 5) is 29.4. The van der Waals surface area contributed by atoms with Gasteiger partial charge in [0, 0.05) is 6.54 Å². The fraction of sp³-hybridized carbons (Fsp3) is 0.250. The lowest BCUT2D eigenvalue weighted by atomic mass is 10.0. The molecule has 10 nitrogen and oxygen atoms in total. The van der Waals surface area contributed by atoms with Crippen LogP contribution >= 0.6 is 0 Å². The van der Waals surface area contributed by atoms with Crippen molar-refractivity contribution in [3.63, 3.8) is 0 Å². The lowest BCUT2D eigenvalue weighted by Crippen LogP contribution is -2.49. The van der Waals surface area contributed by atoms with Crippen LogP contribution in [0.15, 0.2) is 76.6 Å². The quantitative estimate of drug-likeness (QED) is 0.153. The summed E-state index contributed by atoms with van der Waals surface area (Å²) in [6, 6.07) is 17.9. The molecular formula is C28H30N4O6S. The van der Waals surface area contributed by atoms with E-state index in [1.807, 2.05) is 42.5 Å². The van der Waals surface area contributed by atoms with Crippen molar-refractivity contribution >= 4 is 28.0 Å². The molecule has 1 atom stereocenters. The first-order valence-electron chi connectivity index (χ1n) is 12.3. The number of aryl methyl sites for hydroxylation is 1. The zero-order valence-electron chi connectivity index (χ0n) is 21.4. The van der Waals surface area contributed by atoms with Crippen molar-refractivity contribution in [2.24, 2.45) is 16.5 Å². The third-order valence-corrected chi connectivity index (χ3v) is 8.54. The molecule has 5 N–H and O–H groups in total. The summed E-state index contributed by atoms with van der Waals surface area (Å²) in [7, 11) is -4.60. The van der Waals surface area contributed by atoms with Crippen LogP contribution in [0.25, 0.3) is 11.1 Å². The summed E-state index contributed by atoms with van der Waals surface area (Å²) in [5, 5.41) is 9.99. The lowest BCUT2D eigenvalue weighted by Gasteiger charge is -2.28. The third kappa shape index (κ3) is 5.88. The SMILES string of the molecule is Cc1ccccc1S(=O)(=O)N(C(=O)OCc1cccc2c1Cc1ccccc1-2)C(CCCN=C(N)N)C(=O)O. The molecule has 0 saturated carbocycles. The van der Waals surface area contributed by atoms with Crippen LogP contribution in [0.4, 0.5) is 4.79 Å². The van der Waals surface area contributed by atoms with Crippen molar-refractivity contribution in [3.8, 4) is 11.1 Å². The van der Waals surface area contributed by atoms with Crippen LogP contribution in [0.5, 0.6) is 0 Å². The van der Waals surface area contributed by atoms with Gasteiger partial charge >= 0.3 is 12.1 Å². The Bertz CT molecular complexity index is 1530. The molecule has 204 valence electrons.